The molecule has 22 heavy (non-hydrogen) atoms. The van der Waals surface area contributed by atoms with Gasteiger partial charge in [-0.05, 0) is 42.6 Å². The lowest BCUT2D eigenvalue weighted by Crippen LogP contribution is -1.94. The Morgan fingerprint density at radius 1 is 1.32 bits per heavy atom. The maximum Gasteiger partial charge on any atom is 0.217 e. The second-order valence-corrected chi connectivity index (χ2v) is 6.36. The standard InChI is InChI=1S/C16H13ClN4S/c1-10-3-2-6-21-14(10)8-19-16(21)20-22-15-9-18-13-7-11(17)4-5-12(13)15/h2-9,18H,1H3,(H,19,20). The molecule has 0 spiro atoms. The largest absolute Gasteiger partial charge is 0.360 e. The van der Waals surface area contributed by atoms with Crippen LogP contribution >= 0.6 is 23.5 Å². The predicted octanol–water partition coefficient (Wildman–Crippen LogP) is 4.90. The van der Waals surface area contributed by atoms with E-state index >= 15 is 0 Å². The number of halogens is 1. The first kappa shape index (κ1) is 13.5. The molecular weight excluding hydrogens is 316 g/mol. The van der Waals surface area contributed by atoms with Gasteiger partial charge in [0.25, 0.3) is 0 Å². The van der Waals surface area contributed by atoms with Gasteiger partial charge in [-0.2, -0.15) is 0 Å². The van der Waals surface area contributed by atoms with Gasteiger partial charge in [0.05, 0.1) is 16.6 Å². The predicted molar refractivity (Wildman–Crippen MR) is 92.7 cm³/mol. The van der Waals surface area contributed by atoms with Gasteiger partial charge in [0, 0.05) is 28.3 Å². The van der Waals surface area contributed by atoms with E-state index in [2.05, 4.69) is 27.7 Å². The van der Waals surface area contributed by atoms with Gasteiger partial charge in [0.1, 0.15) is 0 Å². The molecule has 110 valence electrons. The normalized spacial score (nSPS) is 11.4. The van der Waals surface area contributed by atoms with E-state index in [0.29, 0.717) is 0 Å². The van der Waals surface area contributed by atoms with E-state index in [1.807, 2.05) is 47.3 Å². The average Bonchev–Trinajstić information content (AvgIpc) is 3.09. The first-order valence-electron chi connectivity index (χ1n) is 6.84. The number of hydrogen-bond donors (Lipinski definition) is 2. The highest BCUT2D eigenvalue weighted by molar-refractivity contribution is 8.00. The maximum atomic E-state index is 6.01. The molecule has 2 N–H and O–H groups in total. The fourth-order valence-corrected chi connectivity index (χ4v) is 3.42. The van der Waals surface area contributed by atoms with Crippen LogP contribution in [-0.4, -0.2) is 14.4 Å². The summed E-state index contributed by atoms with van der Waals surface area (Å²) in [5.74, 6) is 0.812. The van der Waals surface area contributed by atoms with Crippen LogP contribution in [0.4, 0.5) is 5.95 Å². The molecule has 0 saturated heterocycles. The first-order chi connectivity index (χ1) is 10.7. The number of benzene rings is 1. The Labute approximate surface area is 136 Å². The topological polar surface area (TPSA) is 45.1 Å². The van der Waals surface area contributed by atoms with Crippen molar-refractivity contribution < 1.29 is 0 Å². The summed E-state index contributed by atoms with van der Waals surface area (Å²) in [6, 6.07) is 9.95. The lowest BCUT2D eigenvalue weighted by atomic mass is 10.2. The summed E-state index contributed by atoms with van der Waals surface area (Å²) in [5, 5.41) is 1.87. The summed E-state index contributed by atoms with van der Waals surface area (Å²) < 4.78 is 5.37. The van der Waals surface area contributed by atoms with E-state index in [-0.39, 0.29) is 0 Å². The number of aryl methyl sites for hydroxylation is 1. The Bertz CT molecular complexity index is 973. The first-order valence-corrected chi connectivity index (χ1v) is 8.04. The van der Waals surface area contributed by atoms with Gasteiger partial charge < -0.3 is 4.98 Å². The molecule has 0 fully saturated rings. The van der Waals surface area contributed by atoms with Crippen LogP contribution in [-0.2, 0) is 0 Å². The third kappa shape index (κ3) is 2.23. The van der Waals surface area contributed by atoms with Crippen molar-refractivity contribution in [2.45, 2.75) is 11.8 Å². The molecule has 3 aromatic heterocycles. The van der Waals surface area contributed by atoms with Crippen molar-refractivity contribution in [3.63, 3.8) is 0 Å². The minimum absolute atomic E-state index is 0.730. The van der Waals surface area contributed by atoms with E-state index in [1.54, 1.807) is 0 Å². The number of aromatic amines is 1. The van der Waals surface area contributed by atoms with E-state index in [9.17, 15) is 0 Å². The van der Waals surface area contributed by atoms with E-state index in [1.165, 1.54) is 17.5 Å². The van der Waals surface area contributed by atoms with Crippen molar-refractivity contribution in [1.82, 2.24) is 14.4 Å². The average molecular weight is 329 g/mol. The Morgan fingerprint density at radius 3 is 3.14 bits per heavy atom. The summed E-state index contributed by atoms with van der Waals surface area (Å²) in [7, 11) is 0. The second kappa shape index (κ2) is 5.26. The van der Waals surface area contributed by atoms with Crippen LogP contribution in [0.3, 0.4) is 0 Å². The lowest BCUT2D eigenvalue weighted by Gasteiger charge is -2.04. The van der Waals surface area contributed by atoms with Crippen molar-refractivity contribution in [2.75, 3.05) is 4.72 Å². The summed E-state index contributed by atoms with van der Waals surface area (Å²) in [6.45, 7) is 2.08. The molecule has 4 nitrogen and oxygen atoms in total. The Balaban J connectivity index is 1.64. The van der Waals surface area contributed by atoms with Crippen LogP contribution < -0.4 is 4.72 Å². The molecule has 6 heteroatoms. The maximum absolute atomic E-state index is 6.01. The van der Waals surface area contributed by atoms with Crippen LogP contribution in [0.15, 0.2) is 53.8 Å². The molecule has 0 bridgehead atoms. The van der Waals surface area contributed by atoms with Gasteiger partial charge in [-0.3, -0.25) is 9.12 Å². The van der Waals surface area contributed by atoms with Gasteiger partial charge in [0.2, 0.25) is 5.95 Å². The molecule has 0 unspecified atom stereocenters. The number of nitrogens with zero attached hydrogens (tertiary/aromatic N) is 2. The van der Waals surface area contributed by atoms with Crippen molar-refractivity contribution in [3.05, 3.63) is 59.5 Å². The van der Waals surface area contributed by atoms with Crippen molar-refractivity contribution >= 4 is 45.9 Å². The zero-order valence-corrected chi connectivity index (χ0v) is 13.4. The second-order valence-electron chi connectivity index (χ2n) is 5.08. The third-order valence-electron chi connectivity index (χ3n) is 3.64. The van der Waals surface area contributed by atoms with E-state index < -0.39 is 0 Å². The summed E-state index contributed by atoms with van der Waals surface area (Å²) in [6.07, 6.45) is 5.86. The molecular formula is C16H13ClN4S. The number of anilines is 1. The molecule has 0 aliphatic heterocycles. The van der Waals surface area contributed by atoms with Gasteiger partial charge >= 0.3 is 0 Å². The van der Waals surface area contributed by atoms with Gasteiger partial charge in [0.15, 0.2) is 0 Å². The van der Waals surface area contributed by atoms with E-state index in [0.717, 1.165) is 32.3 Å². The monoisotopic (exact) mass is 328 g/mol. The molecule has 0 saturated carbocycles. The summed E-state index contributed by atoms with van der Waals surface area (Å²) in [4.78, 5) is 8.79. The molecule has 1 aromatic carbocycles. The highest BCUT2D eigenvalue weighted by atomic mass is 35.5. The van der Waals surface area contributed by atoms with Crippen molar-refractivity contribution in [2.24, 2.45) is 0 Å². The molecule has 0 atom stereocenters. The molecule has 4 rings (SSSR count). The Kier molecular flexibility index (Phi) is 3.24. The molecule has 0 amide bonds. The fourth-order valence-electron chi connectivity index (χ4n) is 2.49. The highest BCUT2D eigenvalue weighted by Crippen LogP contribution is 2.30. The Hall–Kier alpha value is -2.11. The zero-order chi connectivity index (χ0) is 15.1. The minimum atomic E-state index is 0.730. The number of rotatable bonds is 3. The quantitative estimate of drug-likeness (QED) is 0.526. The lowest BCUT2D eigenvalue weighted by molar-refractivity contribution is 1.16. The number of pyridine rings is 1. The number of aromatic nitrogens is 3. The highest BCUT2D eigenvalue weighted by Gasteiger charge is 2.08. The van der Waals surface area contributed by atoms with Crippen molar-refractivity contribution in [1.29, 1.82) is 0 Å². The fraction of sp³-hybridized carbons (Fsp3) is 0.0625. The van der Waals surface area contributed by atoms with Crippen LogP contribution in [0.5, 0.6) is 0 Å². The summed E-state index contributed by atoms with van der Waals surface area (Å²) >= 11 is 7.54. The number of H-pyrrole nitrogens is 1. The zero-order valence-electron chi connectivity index (χ0n) is 11.8. The summed E-state index contributed by atoms with van der Waals surface area (Å²) in [5.41, 5.74) is 3.34. The van der Waals surface area contributed by atoms with Crippen LogP contribution in [0.1, 0.15) is 5.56 Å². The van der Waals surface area contributed by atoms with Gasteiger partial charge in [-0.25, -0.2) is 4.98 Å². The van der Waals surface area contributed by atoms with Gasteiger partial charge in [-0.15, -0.1) is 0 Å². The minimum Gasteiger partial charge on any atom is -0.360 e. The number of nitrogens with one attached hydrogen (secondary N) is 2. The molecule has 0 aliphatic carbocycles. The molecule has 0 aliphatic rings. The number of hydrogen-bond acceptors (Lipinski definition) is 3. The smallest absolute Gasteiger partial charge is 0.217 e. The number of imidazole rings is 1. The Morgan fingerprint density at radius 2 is 2.23 bits per heavy atom. The van der Waals surface area contributed by atoms with Crippen LogP contribution in [0.25, 0.3) is 16.4 Å². The van der Waals surface area contributed by atoms with Crippen LogP contribution in [0, 0.1) is 6.92 Å². The van der Waals surface area contributed by atoms with E-state index in [4.69, 9.17) is 11.6 Å². The third-order valence-corrected chi connectivity index (χ3v) is 4.72. The number of fused-ring (bicyclic) bond motifs is 2. The molecule has 3 heterocycles. The SMILES string of the molecule is Cc1cccn2c(NSc3c[nH]c4cc(Cl)ccc34)ncc12. The molecule has 0 radical (unpaired) electrons. The van der Waals surface area contributed by atoms with Crippen LogP contribution in [0.2, 0.25) is 5.02 Å². The van der Waals surface area contributed by atoms with Crippen molar-refractivity contribution in [3.8, 4) is 0 Å². The van der Waals surface area contributed by atoms with Gasteiger partial charge in [-0.1, -0.05) is 23.7 Å². The molecule has 4 aromatic rings.